The average Bonchev–Trinajstić information content (AvgIpc) is 3.15. The zero-order chi connectivity index (χ0) is 19.3. The number of nitrogens with two attached hydrogens (primary N) is 1. The molecule has 1 amide bonds. The van der Waals surface area contributed by atoms with E-state index in [1.807, 2.05) is 18.2 Å². The van der Waals surface area contributed by atoms with Gasteiger partial charge in [-0.3, -0.25) is 4.79 Å². The SMILES string of the molecule is Cl.NCc1cc(Oc2cccc(C(=O)NCc3cc4cccnc4[nH]3)c2)ncn1. The number of aromatic nitrogens is 4. The number of aromatic amines is 1. The topological polar surface area (TPSA) is 119 Å². The standard InChI is InChI=1S/C20H18N6O2.ClH/c21-10-15-9-18(25-12-24-15)28-17-5-1-3-14(8-17)20(27)23-11-16-7-13-4-2-6-22-19(13)26-16;/h1-9,12H,10-11,21H2,(H,22,26)(H,23,27);1H. The highest BCUT2D eigenvalue weighted by Gasteiger charge is 2.09. The summed E-state index contributed by atoms with van der Waals surface area (Å²) < 4.78 is 5.71. The predicted molar refractivity (Wildman–Crippen MR) is 111 cm³/mol. The number of pyridine rings is 1. The molecule has 9 heteroatoms. The molecule has 0 aliphatic rings. The summed E-state index contributed by atoms with van der Waals surface area (Å²) in [6, 6.07) is 14.4. The minimum absolute atomic E-state index is 0. The first-order valence-electron chi connectivity index (χ1n) is 8.71. The third kappa shape index (κ3) is 4.87. The van der Waals surface area contributed by atoms with E-state index in [4.69, 9.17) is 10.5 Å². The highest BCUT2D eigenvalue weighted by molar-refractivity contribution is 5.94. The van der Waals surface area contributed by atoms with Gasteiger partial charge < -0.3 is 20.8 Å². The number of nitrogens with one attached hydrogen (secondary N) is 2. The molecule has 0 aliphatic carbocycles. The Bertz CT molecular complexity index is 1100. The molecule has 4 rings (SSSR count). The first-order chi connectivity index (χ1) is 13.7. The summed E-state index contributed by atoms with van der Waals surface area (Å²) >= 11 is 0. The van der Waals surface area contributed by atoms with Crippen LogP contribution in [-0.2, 0) is 13.1 Å². The monoisotopic (exact) mass is 410 g/mol. The first-order valence-corrected chi connectivity index (χ1v) is 8.71. The summed E-state index contributed by atoms with van der Waals surface area (Å²) in [6.45, 7) is 0.663. The molecule has 8 nitrogen and oxygen atoms in total. The molecular weight excluding hydrogens is 392 g/mol. The zero-order valence-electron chi connectivity index (χ0n) is 15.3. The molecule has 0 unspecified atom stereocenters. The minimum Gasteiger partial charge on any atom is -0.439 e. The van der Waals surface area contributed by atoms with E-state index in [1.165, 1.54) is 6.33 Å². The molecule has 3 heterocycles. The van der Waals surface area contributed by atoms with E-state index < -0.39 is 0 Å². The Morgan fingerprint density at radius 1 is 1.10 bits per heavy atom. The Morgan fingerprint density at radius 2 is 2.00 bits per heavy atom. The third-order valence-corrected chi connectivity index (χ3v) is 4.11. The van der Waals surface area contributed by atoms with Gasteiger partial charge in [0.05, 0.1) is 12.2 Å². The smallest absolute Gasteiger partial charge is 0.251 e. The van der Waals surface area contributed by atoms with E-state index >= 15 is 0 Å². The van der Waals surface area contributed by atoms with Crippen LogP contribution in [0.25, 0.3) is 11.0 Å². The van der Waals surface area contributed by atoms with Crippen LogP contribution < -0.4 is 15.8 Å². The van der Waals surface area contributed by atoms with Crippen LogP contribution in [0.3, 0.4) is 0 Å². The number of carbonyl (C=O) groups is 1. The van der Waals surface area contributed by atoms with Gasteiger partial charge in [0.2, 0.25) is 5.88 Å². The molecule has 0 fully saturated rings. The van der Waals surface area contributed by atoms with Crippen LogP contribution in [0.1, 0.15) is 21.7 Å². The molecule has 0 spiro atoms. The second-order valence-electron chi connectivity index (χ2n) is 6.10. The molecule has 0 saturated heterocycles. The molecule has 0 saturated carbocycles. The fraction of sp³-hybridized carbons (Fsp3) is 0.100. The van der Waals surface area contributed by atoms with Crippen molar-refractivity contribution in [3.8, 4) is 11.6 Å². The van der Waals surface area contributed by atoms with Crippen molar-refractivity contribution in [3.63, 3.8) is 0 Å². The van der Waals surface area contributed by atoms with Crippen molar-refractivity contribution in [3.05, 3.63) is 78.0 Å². The molecular formula is C20H19ClN6O2. The lowest BCUT2D eigenvalue weighted by molar-refractivity contribution is 0.0950. The summed E-state index contributed by atoms with van der Waals surface area (Å²) in [7, 11) is 0. The van der Waals surface area contributed by atoms with E-state index in [2.05, 4.69) is 25.3 Å². The lowest BCUT2D eigenvalue weighted by Crippen LogP contribution is -2.22. The maximum atomic E-state index is 12.5. The van der Waals surface area contributed by atoms with Crippen molar-refractivity contribution < 1.29 is 9.53 Å². The summed E-state index contributed by atoms with van der Waals surface area (Å²) in [6.07, 6.45) is 3.12. The Balaban J connectivity index is 0.00000240. The van der Waals surface area contributed by atoms with E-state index in [0.29, 0.717) is 36.0 Å². The van der Waals surface area contributed by atoms with Gasteiger partial charge in [-0.05, 0) is 36.4 Å². The molecule has 0 atom stereocenters. The van der Waals surface area contributed by atoms with Crippen LogP contribution >= 0.6 is 12.4 Å². The van der Waals surface area contributed by atoms with Gasteiger partial charge in [-0.2, -0.15) is 0 Å². The normalized spacial score (nSPS) is 10.4. The van der Waals surface area contributed by atoms with Crippen molar-refractivity contribution in [2.75, 3.05) is 0 Å². The van der Waals surface area contributed by atoms with E-state index in [-0.39, 0.29) is 18.3 Å². The van der Waals surface area contributed by atoms with Gasteiger partial charge in [0.1, 0.15) is 17.7 Å². The molecule has 4 N–H and O–H groups in total. The number of carbonyl (C=O) groups excluding carboxylic acids is 1. The summed E-state index contributed by atoms with van der Waals surface area (Å²) in [5.74, 6) is 0.671. The second kappa shape index (κ2) is 9.13. The highest BCUT2D eigenvalue weighted by Crippen LogP contribution is 2.21. The predicted octanol–water partition coefficient (Wildman–Crippen LogP) is 2.96. The molecule has 0 bridgehead atoms. The number of rotatable bonds is 6. The number of H-pyrrole nitrogens is 1. The number of hydrogen-bond donors (Lipinski definition) is 3. The fourth-order valence-corrected chi connectivity index (χ4v) is 2.75. The van der Waals surface area contributed by atoms with Crippen LogP contribution in [0.2, 0.25) is 0 Å². The third-order valence-electron chi connectivity index (χ3n) is 4.11. The Labute approximate surface area is 173 Å². The number of ether oxygens (including phenoxy) is 1. The Kier molecular flexibility index (Phi) is 6.38. The van der Waals surface area contributed by atoms with Gasteiger partial charge in [0.25, 0.3) is 5.91 Å². The fourth-order valence-electron chi connectivity index (χ4n) is 2.75. The highest BCUT2D eigenvalue weighted by atomic mass is 35.5. The van der Waals surface area contributed by atoms with Crippen molar-refractivity contribution in [1.29, 1.82) is 0 Å². The molecule has 3 aromatic heterocycles. The van der Waals surface area contributed by atoms with Crippen LogP contribution in [0.15, 0.2) is 61.1 Å². The van der Waals surface area contributed by atoms with Crippen molar-refractivity contribution in [2.24, 2.45) is 5.73 Å². The lowest BCUT2D eigenvalue weighted by atomic mass is 10.2. The van der Waals surface area contributed by atoms with Gasteiger partial charge in [0.15, 0.2) is 0 Å². The van der Waals surface area contributed by atoms with Crippen molar-refractivity contribution >= 4 is 29.3 Å². The minimum atomic E-state index is -0.206. The number of fused-ring (bicyclic) bond motifs is 1. The number of amides is 1. The van der Waals surface area contributed by atoms with Crippen LogP contribution in [0.5, 0.6) is 11.6 Å². The second-order valence-corrected chi connectivity index (χ2v) is 6.10. The first kappa shape index (κ1) is 20.2. The van der Waals surface area contributed by atoms with Gasteiger partial charge in [-0.1, -0.05) is 6.07 Å². The molecule has 29 heavy (non-hydrogen) atoms. The van der Waals surface area contributed by atoms with Crippen molar-refractivity contribution in [2.45, 2.75) is 13.1 Å². The van der Waals surface area contributed by atoms with Gasteiger partial charge >= 0.3 is 0 Å². The molecule has 1 aromatic carbocycles. The molecule has 0 radical (unpaired) electrons. The lowest BCUT2D eigenvalue weighted by Gasteiger charge is -2.08. The summed E-state index contributed by atoms with van der Waals surface area (Å²) in [4.78, 5) is 28.0. The Hall–Kier alpha value is -3.49. The molecule has 148 valence electrons. The number of benzene rings is 1. The van der Waals surface area contributed by atoms with Gasteiger partial charge in [-0.25, -0.2) is 15.0 Å². The van der Waals surface area contributed by atoms with Gasteiger partial charge in [-0.15, -0.1) is 12.4 Å². The van der Waals surface area contributed by atoms with E-state index in [9.17, 15) is 4.79 Å². The maximum Gasteiger partial charge on any atom is 0.251 e. The zero-order valence-corrected chi connectivity index (χ0v) is 16.1. The number of nitrogens with zero attached hydrogens (tertiary/aromatic N) is 3. The summed E-state index contributed by atoms with van der Waals surface area (Å²) in [5.41, 5.74) is 8.41. The van der Waals surface area contributed by atoms with E-state index in [0.717, 1.165) is 16.7 Å². The van der Waals surface area contributed by atoms with Gasteiger partial charge in [0, 0.05) is 35.5 Å². The average molecular weight is 411 g/mol. The maximum absolute atomic E-state index is 12.5. The molecule has 4 aromatic rings. The van der Waals surface area contributed by atoms with Crippen LogP contribution in [0.4, 0.5) is 0 Å². The van der Waals surface area contributed by atoms with E-state index in [1.54, 1.807) is 36.5 Å². The van der Waals surface area contributed by atoms with Crippen LogP contribution in [0, 0.1) is 0 Å². The largest absolute Gasteiger partial charge is 0.439 e. The van der Waals surface area contributed by atoms with Crippen LogP contribution in [-0.4, -0.2) is 25.8 Å². The summed E-state index contributed by atoms with van der Waals surface area (Å²) in [5, 5.41) is 3.89. The number of halogens is 1. The number of hydrogen-bond acceptors (Lipinski definition) is 6. The Morgan fingerprint density at radius 3 is 2.83 bits per heavy atom. The van der Waals surface area contributed by atoms with Crippen molar-refractivity contribution in [1.82, 2.24) is 25.3 Å². The quantitative estimate of drug-likeness (QED) is 0.449. The molecule has 0 aliphatic heterocycles.